The summed E-state index contributed by atoms with van der Waals surface area (Å²) in [5.41, 5.74) is 2.26. The smallest absolute Gasteiger partial charge is 0.137 e. The van der Waals surface area contributed by atoms with E-state index in [1.54, 1.807) is 0 Å². The van der Waals surface area contributed by atoms with Crippen LogP contribution in [0, 0.1) is 6.92 Å². The Bertz CT molecular complexity index is 624. The van der Waals surface area contributed by atoms with Crippen molar-refractivity contribution in [2.24, 2.45) is 0 Å². The van der Waals surface area contributed by atoms with E-state index >= 15 is 0 Å². The number of aromatic nitrogens is 3. The van der Waals surface area contributed by atoms with E-state index < -0.39 is 0 Å². The number of nitrogens with zero attached hydrogens (tertiary/aromatic N) is 3. The van der Waals surface area contributed by atoms with E-state index in [4.69, 9.17) is 5.10 Å². The highest BCUT2D eigenvalue weighted by molar-refractivity contribution is 9.10. The first kappa shape index (κ1) is 11.9. The first-order valence-corrected chi connectivity index (χ1v) is 7.77. The Kier molecular flexibility index (Phi) is 2.67. The summed E-state index contributed by atoms with van der Waals surface area (Å²) in [6.07, 6.45) is 6.92. The van der Waals surface area contributed by atoms with E-state index in [-0.39, 0.29) is 0 Å². The van der Waals surface area contributed by atoms with E-state index in [9.17, 15) is 0 Å². The molecule has 2 unspecified atom stereocenters. The molecule has 2 atom stereocenters. The molecule has 4 rings (SSSR count). The lowest BCUT2D eigenvalue weighted by atomic mass is 10.00. The number of fused-ring (bicyclic) bond motifs is 3. The number of nitrogens with one attached hydrogen (secondary N) is 1. The van der Waals surface area contributed by atoms with Gasteiger partial charge in [-0.25, -0.2) is 0 Å². The molecule has 0 aromatic carbocycles. The van der Waals surface area contributed by atoms with Gasteiger partial charge in [-0.2, -0.15) is 5.10 Å². The van der Waals surface area contributed by atoms with Crippen molar-refractivity contribution in [3.8, 4) is 0 Å². The van der Waals surface area contributed by atoms with E-state index in [0.29, 0.717) is 18.1 Å². The van der Waals surface area contributed by atoms with Crippen LogP contribution in [0.5, 0.6) is 0 Å². The van der Waals surface area contributed by atoms with Gasteiger partial charge in [0.25, 0.3) is 0 Å². The lowest BCUT2D eigenvalue weighted by Crippen LogP contribution is -2.39. The molecule has 2 aliphatic rings. The van der Waals surface area contributed by atoms with Gasteiger partial charge in [-0.15, -0.1) is 0 Å². The Balaban J connectivity index is 1.81. The summed E-state index contributed by atoms with van der Waals surface area (Å²) in [5.74, 6) is 0. The SMILES string of the molecule is Cc1nccc2c1c(Br)nn2C1CC2CCC(C1)N2. The molecule has 5 heteroatoms. The molecule has 1 N–H and O–H groups in total. The summed E-state index contributed by atoms with van der Waals surface area (Å²) in [6, 6.07) is 3.98. The van der Waals surface area contributed by atoms with Crippen molar-refractivity contribution < 1.29 is 0 Å². The number of hydrogen-bond donors (Lipinski definition) is 1. The molecule has 2 aromatic rings. The molecule has 2 aromatic heterocycles. The van der Waals surface area contributed by atoms with E-state index in [2.05, 4.69) is 37.0 Å². The minimum absolute atomic E-state index is 0.523. The maximum Gasteiger partial charge on any atom is 0.137 e. The zero-order chi connectivity index (χ0) is 13.0. The predicted molar refractivity (Wildman–Crippen MR) is 78.2 cm³/mol. The topological polar surface area (TPSA) is 42.7 Å². The van der Waals surface area contributed by atoms with Gasteiger partial charge in [-0.05, 0) is 54.6 Å². The van der Waals surface area contributed by atoms with Crippen molar-refractivity contribution in [3.05, 3.63) is 22.6 Å². The zero-order valence-corrected chi connectivity index (χ0v) is 12.5. The van der Waals surface area contributed by atoms with Crippen LogP contribution in [0.3, 0.4) is 0 Å². The van der Waals surface area contributed by atoms with Crippen molar-refractivity contribution >= 4 is 26.8 Å². The van der Waals surface area contributed by atoms with Gasteiger partial charge in [0, 0.05) is 24.0 Å². The molecule has 0 aliphatic carbocycles. The number of hydrogen-bond acceptors (Lipinski definition) is 3. The Hall–Kier alpha value is -0.940. The van der Waals surface area contributed by atoms with Crippen LogP contribution in [0.2, 0.25) is 0 Å². The fourth-order valence-corrected chi connectivity index (χ4v) is 4.36. The van der Waals surface area contributed by atoms with E-state index in [0.717, 1.165) is 15.7 Å². The second kappa shape index (κ2) is 4.28. The van der Waals surface area contributed by atoms with Crippen molar-refractivity contribution in [1.82, 2.24) is 20.1 Å². The fourth-order valence-electron chi connectivity index (χ4n) is 3.70. The minimum Gasteiger partial charge on any atom is -0.311 e. The lowest BCUT2D eigenvalue weighted by Gasteiger charge is -2.29. The van der Waals surface area contributed by atoms with E-state index in [1.165, 1.54) is 31.2 Å². The molecule has 100 valence electrons. The second-order valence-corrected chi connectivity index (χ2v) is 6.54. The molecule has 19 heavy (non-hydrogen) atoms. The maximum atomic E-state index is 4.74. The summed E-state index contributed by atoms with van der Waals surface area (Å²) < 4.78 is 3.15. The van der Waals surface area contributed by atoms with E-state index in [1.807, 2.05) is 13.1 Å². The van der Waals surface area contributed by atoms with Gasteiger partial charge in [0.05, 0.1) is 16.9 Å². The summed E-state index contributed by atoms with van der Waals surface area (Å²) in [6.45, 7) is 2.05. The van der Waals surface area contributed by atoms with Gasteiger partial charge < -0.3 is 5.32 Å². The first-order chi connectivity index (χ1) is 9.22. The monoisotopic (exact) mass is 320 g/mol. The molecule has 2 aliphatic heterocycles. The third-order valence-corrected chi connectivity index (χ3v) is 5.12. The molecule has 0 spiro atoms. The molecule has 2 fully saturated rings. The molecule has 2 saturated heterocycles. The van der Waals surface area contributed by atoms with Crippen LogP contribution in [0.4, 0.5) is 0 Å². The van der Waals surface area contributed by atoms with Crippen molar-refractivity contribution in [2.75, 3.05) is 0 Å². The molecule has 4 heterocycles. The van der Waals surface area contributed by atoms with Crippen LogP contribution < -0.4 is 5.32 Å². The summed E-state index contributed by atoms with van der Waals surface area (Å²) in [7, 11) is 0. The molecule has 4 nitrogen and oxygen atoms in total. The van der Waals surface area contributed by atoms with Crippen LogP contribution >= 0.6 is 15.9 Å². The molecule has 0 saturated carbocycles. The molecular weight excluding hydrogens is 304 g/mol. The third-order valence-electron chi connectivity index (χ3n) is 4.56. The predicted octanol–water partition coefficient (Wildman–Crippen LogP) is 2.96. The Labute approximate surface area is 120 Å². The number of halogens is 1. The quantitative estimate of drug-likeness (QED) is 0.878. The number of aryl methyl sites for hydroxylation is 1. The van der Waals surface area contributed by atoms with Crippen molar-refractivity contribution in [3.63, 3.8) is 0 Å². The van der Waals surface area contributed by atoms with Gasteiger partial charge in [0.15, 0.2) is 0 Å². The number of rotatable bonds is 1. The van der Waals surface area contributed by atoms with Gasteiger partial charge in [-0.3, -0.25) is 9.67 Å². The Morgan fingerprint density at radius 1 is 1.32 bits per heavy atom. The van der Waals surface area contributed by atoms with Gasteiger partial charge >= 0.3 is 0 Å². The van der Waals surface area contributed by atoms with Crippen molar-refractivity contribution in [1.29, 1.82) is 0 Å². The molecular formula is C14H17BrN4. The fraction of sp³-hybridized carbons (Fsp3) is 0.571. The normalized spacial score (nSPS) is 30.1. The average molecular weight is 321 g/mol. The third kappa shape index (κ3) is 1.82. The first-order valence-electron chi connectivity index (χ1n) is 6.98. The van der Waals surface area contributed by atoms with Crippen molar-refractivity contribution in [2.45, 2.75) is 50.7 Å². The molecule has 0 radical (unpaired) electrons. The van der Waals surface area contributed by atoms with Crippen LogP contribution in [0.1, 0.15) is 37.4 Å². The van der Waals surface area contributed by atoms with Crippen LogP contribution in [0.25, 0.3) is 10.9 Å². The van der Waals surface area contributed by atoms with Gasteiger partial charge in [0.1, 0.15) is 4.60 Å². The molecule has 2 bridgehead atoms. The van der Waals surface area contributed by atoms with Gasteiger partial charge in [-0.1, -0.05) is 0 Å². The lowest BCUT2D eigenvalue weighted by molar-refractivity contribution is 0.287. The van der Waals surface area contributed by atoms with Gasteiger partial charge in [0.2, 0.25) is 0 Å². The Morgan fingerprint density at radius 2 is 2.05 bits per heavy atom. The summed E-state index contributed by atoms with van der Waals surface area (Å²) in [5, 5.41) is 9.59. The highest BCUT2D eigenvalue weighted by atomic mass is 79.9. The summed E-state index contributed by atoms with van der Waals surface area (Å²) in [4.78, 5) is 4.37. The Morgan fingerprint density at radius 3 is 2.79 bits per heavy atom. The maximum absolute atomic E-state index is 4.74. The summed E-state index contributed by atoms with van der Waals surface area (Å²) >= 11 is 3.59. The highest BCUT2D eigenvalue weighted by Crippen LogP contribution is 2.37. The van der Waals surface area contributed by atoms with Crippen LogP contribution in [-0.2, 0) is 0 Å². The minimum atomic E-state index is 0.523. The highest BCUT2D eigenvalue weighted by Gasteiger charge is 2.35. The average Bonchev–Trinajstić information content (AvgIpc) is 2.91. The molecule has 0 amide bonds. The second-order valence-electron chi connectivity index (χ2n) is 5.79. The number of pyridine rings is 1. The van der Waals surface area contributed by atoms with Crippen LogP contribution in [-0.4, -0.2) is 26.8 Å². The number of piperidine rings is 1. The zero-order valence-electron chi connectivity index (χ0n) is 10.9. The largest absolute Gasteiger partial charge is 0.311 e. The standard InChI is InChI=1S/C14H17BrN4/c1-8-13-12(4-5-16-8)19(18-14(13)15)11-6-9-2-3-10(7-11)17-9/h4-5,9-11,17H,2-3,6-7H2,1H3. The van der Waals surface area contributed by atoms with Crippen LogP contribution in [0.15, 0.2) is 16.9 Å².